The number of ketones is 1. The summed E-state index contributed by atoms with van der Waals surface area (Å²) in [7, 11) is 2.94. The molecule has 8 heterocycles. The first-order valence-electron chi connectivity index (χ1n) is 28.3. The molecule has 0 spiro atoms. The predicted octanol–water partition coefficient (Wildman–Crippen LogP) is 9.26. The number of aliphatic carboxylic acids is 2. The highest BCUT2D eigenvalue weighted by Crippen LogP contribution is 2.41. The number of carboxylic acids is 2. The summed E-state index contributed by atoms with van der Waals surface area (Å²) >= 11 is 7.09. The Balaban J connectivity index is 1.04. The maximum atomic E-state index is 14.4. The summed E-state index contributed by atoms with van der Waals surface area (Å²) in [5, 5.41) is 50.7. The summed E-state index contributed by atoms with van der Waals surface area (Å²) in [6.07, 6.45) is -2.24. The van der Waals surface area contributed by atoms with Crippen molar-refractivity contribution >= 4 is 121 Å². The zero-order valence-corrected chi connectivity index (χ0v) is 53.8. The fraction of sp³-hybridized carbons (Fsp3) is 0.373. The van der Waals surface area contributed by atoms with Crippen LogP contribution in [0.15, 0.2) is 64.0 Å². The zero-order valence-electron chi connectivity index (χ0n) is 48.9. The second-order valence-electron chi connectivity index (χ2n) is 21.4. The Kier molecular flexibility index (Phi) is 20.7. The number of Topliss-reactive ketones (excluding diaryl/α,β-unsaturated/α-hetero) is 1. The average molecular weight is 1340 g/mol. The zero-order chi connectivity index (χ0) is 63.9. The first-order chi connectivity index (χ1) is 43.2. The van der Waals surface area contributed by atoms with Crippen molar-refractivity contribution in [3.8, 4) is 43.4 Å². The largest absolute Gasteiger partial charge is 0.481 e. The Labute approximate surface area is 538 Å². The quantitative estimate of drug-likeness (QED) is 0.0443. The van der Waals surface area contributed by atoms with Gasteiger partial charge in [-0.15, -0.1) is 68.0 Å². The lowest BCUT2D eigenvalue weighted by Crippen LogP contribution is -2.42. The lowest BCUT2D eigenvalue weighted by atomic mass is 9.82. The molecule has 0 radical (unpaired) electrons. The van der Waals surface area contributed by atoms with Gasteiger partial charge in [0.1, 0.15) is 83.3 Å². The number of ether oxygens (including phenoxy) is 2. The van der Waals surface area contributed by atoms with E-state index < -0.39 is 84.3 Å². The van der Waals surface area contributed by atoms with Crippen molar-refractivity contribution in [3.63, 3.8) is 0 Å². The van der Waals surface area contributed by atoms with Gasteiger partial charge >= 0.3 is 18.0 Å². The Morgan fingerprint density at radius 3 is 2.19 bits per heavy atom. The van der Waals surface area contributed by atoms with Crippen molar-refractivity contribution in [2.75, 3.05) is 32.1 Å². The highest BCUT2D eigenvalue weighted by molar-refractivity contribution is 7.15. The first-order valence-corrected chi connectivity index (χ1v) is 33.5. The molecule has 1 aliphatic carbocycles. The molecule has 10 bridgehead atoms. The number of anilines is 1. The molecule has 7 aromatic heterocycles. The van der Waals surface area contributed by atoms with Gasteiger partial charge in [-0.1, -0.05) is 44.2 Å². The van der Waals surface area contributed by atoms with Gasteiger partial charge in [0.05, 0.1) is 47.1 Å². The summed E-state index contributed by atoms with van der Waals surface area (Å²) < 4.78 is 11.2. The van der Waals surface area contributed by atoms with Crippen molar-refractivity contribution < 1.29 is 63.1 Å². The van der Waals surface area contributed by atoms with Crippen LogP contribution in [0.4, 0.5) is 10.6 Å². The molecule has 5 amide bonds. The number of benzene rings is 1. The molecule has 7 N–H and O–H groups in total. The molecule has 0 saturated heterocycles. The van der Waals surface area contributed by atoms with Crippen LogP contribution in [-0.2, 0) is 35.3 Å². The van der Waals surface area contributed by atoms with Gasteiger partial charge in [-0.25, -0.2) is 39.7 Å². The number of aliphatic hydroxyl groups is 1. The van der Waals surface area contributed by atoms with Crippen LogP contribution in [0, 0.1) is 18.8 Å². The third-order valence-corrected chi connectivity index (χ3v) is 20.6. The normalized spacial score (nSPS) is 18.4. The number of nitrogens with one attached hydrogen (secondary N) is 4. The van der Waals surface area contributed by atoms with Crippen LogP contribution in [0.3, 0.4) is 0 Å². The van der Waals surface area contributed by atoms with Gasteiger partial charge in [0, 0.05) is 71.4 Å². The molecule has 1 aliphatic heterocycles. The Bertz CT molecular complexity index is 3980. The summed E-state index contributed by atoms with van der Waals surface area (Å²) in [4.78, 5) is 143. The number of pyridine rings is 1. The van der Waals surface area contributed by atoms with Crippen LogP contribution in [-0.4, -0.2) is 131 Å². The Morgan fingerprint density at radius 2 is 1.46 bits per heavy atom. The molecule has 1 unspecified atom stereocenters. The van der Waals surface area contributed by atoms with Gasteiger partial charge in [0.15, 0.2) is 5.78 Å². The van der Waals surface area contributed by atoms with E-state index in [1.54, 1.807) is 70.9 Å². The highest BCUT2D eigenvalue weighted by Gasteiger charge is 2.39. The standard InChI is InChI=1S/C59H60N12O13S6/c1-27(2)33-19-39(72)45-28(3)89-56(69-45)35(20-42(73)60-4)63-50(78)37-24-85-52(65-37)32-14-15-34(54-67-41(26-88-54)71(16-10-9-13-44(75)76)59(82)84-31-17-30(18-31)58(80)81)62-46(32)36-23-86-55(64-36)38-25-87-57(66-38)48(49(77)29-11-7-6-8-12-29)68-43(74)21-61-51(79)47-40(22-83-5)90-53(33)70-47/h6-8,11-12,14-15,23-27,30-31,33,35,48-49,77H,9-10,13,16-22H2,1-5H3,(H,60,73)(H,61,79)(H,63,78)(H,68,74)(H,75,76)(H,80,81)/t30?,31?,33?,35-,48-,49-/m0/s1. The number of methoxy groups -OCH3 is 1. The first kappa shape index (κ1) is 64.8. The smallest absolute Gasteiger partial charge is 0.415 e. The van der Waals surface area contributed by atoms with Gasteiger partial charge in [-0.05, 0) is 56.2 Å². The van der Waals surface area contributed by atoms with Crippen LogP contribution in [0.1, 0.15) is 145 Å². The number of carboxylic acid groups (broad SMARTS) is 2. The average Bonchev–Trinajstić information content (AvgIpc) is 1.76. The third-order valence-electron chi connectivity index (χ3n) is 14.8. The summed E-state index contributed by atoms with van der Waals surface area (Å²) in [6.45, 7) is 5.14. The van der Waals surface area contributed by atoms with Gasteiger partial charge < -0.3 is 46.1 Å². The molecule has 31 heteroatoms. The van der Waals surface area contributed by atoms with E-state index in [2.05, 4.69) is 21.3 Å². The molecule has 1 fully saturated rings. The number of carbonyl (C=O) groups excluding carboxylic acids is 6. The van der Waals surface area contributed by atoms with Crippen LogP contribution >= 0.6 is 68.0 Å². The molecule has 1 saturated carbocycles. The number of hydrogen-bond acceptors (Lipinski definition) is 24. The second kappa shape index (κ2) is 28.8. The molecule has 2 aliphatic rings. The summed E-state index contributed by atoms with van der Waals surface area (Å²) in [6, 6.07) is 10.0. The minimum atomic E-state index is -1.30. The number of aryl methyl sites for hydroxylation is 1. The van der Waals surface area contributed by atoms with Crippen LogP contribution in [0.2, 0.25) is 0 Å². The third kappa shape index (κ3) is 15.0. The molecule has 10 rings (SSSR count). The van der Waals surface area contributed by atoms with Crippen LogP contribution in [0.5, 0.6) is 0 Å². The van der Waals surface area contributed by atoms with Crippen LogP contribution in [0.25, 0.3) is 43.4 Å². The number of aliphatic hydroxyl groups excluding tert-OH is 1. The van der Waals surface area contributed by atoms with Gasteiger partial charge in [0.2, 0.25) is 11.8 Å². The van der Waals surface area contributed by atoms with E-state index >= 15 is 0 Å². The minimum Gasteiger partial charge on any atom is -0.481 e. The molecular weight excluding hydrogens is 1280 g/mol. The molecule has 470 valence electrons. The molecule has 1 aromatic carbocycles. The van der Waals surface area contributed by atoms with E-state index in [0.29, 0.717) is 80.1 Å². The number of amides is 5. The van der Waals surface area contributed by atoms with Crippen molar-refractivity contribution in [2.24, 2.45) is 11.8 Å². The number of carbonyl (C=O) groups is 8. The minimum absolute atomic E-state index is 0.00169. The van der Waals surface area contributed by atoms with E-state index in [0.717, 1.165) is 22.7 Å². The van der Waals surface area contributed by atoms with Gasteiger partial charge in [-0.2, -0.15) is 0 Å². The van der Waals surface area contributed by atoms with E-state index in [-0.39, 0.29) is 86.3 Å². The van der Waals surface area contributed by atoms with Crippen molar-refractivity contribution in [3.05, 3.63) is 111 Å². The maximum absolute atomic E-state index is 14.4. The van der Waals surface area contributed by atoms with E-state index in [1.165, 1.54) is 64.4 Å². The van der Waals surface area contributed by atoms with Crippen molar-refractivity contribution in [2.45, 2.75) is 103 Å². The number of unbranched alkanes of at least 4 members (excludes halogenated alkanes) is 1. The van der Waals surface area contributed by atoms with Crippen molar-refractivity contribution in [1.29, 1.82) is 0 Å². The number of hydrogen-bond donors (Lipinski definition) is 7. The monoisotopic (exact) mass is 1340 g/mol. The van der Waals surface area contributed by atoms with Crippen molar-refractivity contribution in [1.82, 2.24) is 56.2 Å². The van der Waals surface area contributed by atoms with E-state index in [9.17, 15) is 53.7 Å². The molecule has 8 aromatic rings. The van der Waals surface area contributed by atoms with Gasteiger partial charge in [0.25, 0.3) is 11.8 Å². The van der Waals surface area contributed by atoms with E-state index in [1.807, 2.05) is 13.8 Å². The topological polar surface area (TPSA) is 357 Å². The number of rotatable bonds is 16. The fourth-order valence-electron chi connectivity index (χ4n) is 9.87. The number of thiazole rings is 6. The fourth-order valence-corrected chi connectivity index (χ4v) is 15.5. The van der Waals surface area contributed by atoms with E-state index in [4.69, 9.17) is 44.4 Å². The summed E-state index contributed by atoms with van der Waals surface area (Å²) in [5.74, 6) is -5.74. The number of fused-ring (bicyclic) bond motifs is 14. The Morgan fingerprint density at radius 1 is 0.744 bits per heavy atom. The number of nitrogens with zero attached hydrogens (tertiary/aromatic N) is 8. The lowest BCUT2D eigenvalue weighted by Gasteiger charge is -2.33. The molecule has 4 atom stereocenters. The number of aromatic nitrogens is 7. The molecule has 25 nitrogen and oxygen atoms in total. The van der Waals surface area contributed by atoms with Crippen LogP contribution < -0.4 is 26.2 Å². The molecule has 90 heavy (non-hydrogen) atoms. The predicted molar refractivity (Wildman–Crippen MR) is 338 cm³/mol. The molecular formula is C59H60N12O13S6. The Hall–Kier alpha value is -8.17. The lowest BCUT2D eigenvalue weighted by molar-refractivity contribution is -0.148. The maximum Gasteiger partial charge on any atom is 0.415 e. The SMILES string of the molecule is CNC(=O)C[C@@H]1NC(=O)c2csc(n2)-c2ccc(-c3nc(N(CCCCC(=O)O)C(=O)OC4CC(C(=O)O)C4)cs3)nc2-c2csc(n2)-c2csc(n2)[C@H]([C@@H](O)c2ccccc2)NC(=O)CNC(=O)c2nc(sc2COC)C(C(C)C)CC(=O)c2nc1sc2C. The second-order valence-corrected chi connectivity index (χ2v) is 27.3. The summed E-state index contributed by atoms with van der Waals surface area (Å²) in [5.41, 5.74) is 2.50. The van der Waals surface area contributed by atoms with Gasteiger partial charge in [-0.3, -0.25) is 38.5 Å². The highest BCUT2D eigenvalue weighted by atomic mass is 32.1.